The molecule has 5 nitrogen and oxygen atoms in total. The fourth-order valence-electron chi connectivity index (χ4n) is 3.32. The van der Waals surface area contributed by atoms with Crippen molar-refractivity contribution in [3.05, 3.63) is 70.3 Å². The first kappa shape index (κ1) is 20.7. The van der Waals surface area contributed by atoms with Crippen molar-refractivity contribution in [2.24, 2.45) is 0 Å². The maximum Gasteiger partial charge on any atom is 0.312 e. The lowest BCUT2D eigenvalue weighted by molar-refractivity contribution is -0.152. The number of hydrogen-bond acceptors (Lipinski definition) is 5. The first-order chi connectivity index (χ1) is 13.9. The van der Waals surface area contributed by atoms with Gasteiger partial charge in [0.05, 0.1) is 18.1 Å². The Morgan fingerprint density at radius 3 is 2.52 bits per heavy atom. The summed E-state index contributed by atoms with van der Waals surface area (Å²) in [6, 6.07) is 15.2. The molecule has 0 fully saturated rings. The molecule has 0 bridgehead atoms. The van der Waals surface area contributed by atoms with Crippen LogP contribution in [0, 0.1) is 11.3 Å². The van der Waals surface area contributed by atoms with Crippen LogP contribution in [-0.4, -0.2) is 30.3 Å². The summed E-state index contributed by atoms with van der Waals surface area (Å²) in [7, 11) is 0.435. The Kier molecular flexibility index (Phi) is 6.42. The maximum absolute atomic E-state index is 12.2. The van der Waals surface area contributed by atoms with Crippen LogP contribution in [0.2, 0.25) is 0 Å². The van der Waals surface area contributed by atoms with Crippen LogP contribution < -0.4 is 0 Å². The van der Waals surface area contributed by atoms with Gasteiger partial charge in [0.1, 0.15) is 0 Å². The highest BCUT2D eigenvalue weighted by molar-refractivity contribution is 7.84. The zero-order chi connectivity index (χ0) is 21.0. The van der Waals surface area contributed by atoms with E-state index >= 15 is 0 Å². The van der Waals surface area contributed by atoms with E-state index < -0.39 is 10.8 Å². The number of nitriles is 1. The molecule has 6 heteroatoms. The number of carbonyl (C=O) groups excluding carboxylic acids is 1. The minimum Gasteiger partial charge on any atom is -0.438 e. The second-order valence-electron chi connectivity index (χ2n) is 6.66. The number of methoxy groups -OCH3 is 1. The van der Waals surface area contributed by atoms with Crippen molar-refractivity contribution in [2.75, 3.05) is 20.2 Å². The van der Waals surface area contributed by atoms with Crippen molar-refractivity contribution in [1.29, 1.82) is 5.26 Å². The molecule has 0 saturated carbocycles. The van der Waals surface area contributed by atoms with Crippen molar-refractivity contribution >= 4 is 34.0 Å². The maximum atomic E-state index is 12.2. The molecule has 0 aliphatic heterocycles. The number of hydrogen-bond donors (Lipinski definition) is 0. The topological polar surface area (TPSA) is 76.4 Å². The third kappa shape index (κ3) is 4.53. The molecule has 2 aromatic rings. The highest BCUT2D eigenvalue weighted by Gasteiger charge is 2.26. The number of fused-ring (bicyclic) bond motifs is 1. The highest BCUT2D eigenvalue weighted by Crippen LogP contribution is 2.44. The first-order valence-corrected chi connectivity index (χ1v) is 10.5. The minimum atomic E-state index is -1.03. The molecule has 0 heterocycles. The van der Waals surface area contributed by atoms with Crippen LogP contribution in [0.5, 0.6) is 0 Å². The first-order valence-electron chi connectivity index (χ1n) is 8.99. The van der Waals surface area contributed by atoms with Gasteiger partial charge in [-0.05, 0) is 70.7 Å². The Balaban J connectivity index is 2.04. The van der Waals surface area contributed by atoms with Crippen LogP contribution in [0.4, 0.5) is 0 Å². The third-order valence-electron chi connectivity index (χ3n) is 4.80. The Labute approximate surface area is 172 Å². The standard InChI is InChI=1S/C23H21NO4S/c1-15-20(10-16-4-7-18(8-5-16)29(3)26)19-9-6-17(13-24)11-22(19)21(15)12-23(25)28-14-27-2/h4-11H,12,14H2,1-3H3. The summed E-state index contributed by atoms with van der Waals surface area (Å²) in [4.78, 5) is 13.0. The van der Waals surface area contributed by atoms with E-state index in [1.165, 1.54) is 7.11 Å². The lowest BCUT2D eigenvalue weighted by Gasteiger charge is -2.07. The van der Waals surface area contributed by atoms with Gasteiger partial charge in [0.15, 0.2) is 6.79 Å². The summed E-state index contributed by atoms with van der Waals surface area (Å²) in [5.41, 5.74) is 6.14. The quantitative estimate of drug-likeness (QED) is 0.531. The van der Waals surface area contributed by atoms with E-state index in [9.17, 15) is 14.3 Å². The minimum absolute atomic E-state index is 0.0932. The van der Waals surface area contributed by atoms with Crippen LogP contribution in [0.15, 0.2) is 52.9 Å². The molecule has 0 saturated heterocycles. The van der Waals surface area contributed by atoms with Gasteiger partial charge in [0.25, 0.3) is 0 Å². The summed E-state index contributed by atoms with van der Waals surface area (Å²) in [5.74, 6) is -0.384. The molecule has 1 aliphatic rings. The van der Waals surface area contributed by atoms with Crippen LogP contribution in [0.3, 0.4) is 0 Å². The lowest BCUT2D eigenvalue weighted by Crippen LogP contribution is -2.07. The second-order valence-corrected chi connectivity index (χ2v) is 8.04. The average molecular weight is 407 g/mol. The van der Waals surface area contributed by atoms with Gasteiger partial charge in [-0.25, -0.2) is 0 Å². The molecule has 0 spiro atoms. The van der Waals surface area contributed by atoms with E-state index in [0.717, 1.165) is 38.3 Å². The normalized spacial score (nSPS) is 15.2. The SMILES string of the molecule is COCOC(=O)CC1=C(C)C(=Cc2ccc(S(C)=O)cc2)c2ccc(C#N)cc21. The number of ether oxygens (including phenoxy) is 2. The van der Waals surface area contributed by atoms with Gasteiger partial charge in [0, 0.05) is 29.1 Å². The molecule has 1 unspecified atom stereocenters. The van der Waals surface area contributed by atoms with Gasteiger partial charge in [-0.2, -0.15) is 5.26 Å². The summed E-state index contributed by atoms with van der Waals surface area (Å²) in [6.45, 7) is 1.87. The van der Waals surface area contributed by atoms with Gasteiger partial charge >= 0.3 is 5.97 Å². The molecular formula is C23H21NO4S. The molecule has 0 N–H and O–H groups in total. The Hall–Kier alpha value is -3.01. The number of esters is 1. The molecule has 2 aromatic carbocycles. The molecule has 0 aromatic heterocycles. The summed E-state index contributed by atoms with van der Waals surface area (Å²) in [5, 5.41) is 9.28. The molecular weight excluding hydrogens is 386 g/mol. The zero-order valence-electron chi connectivity index (χ0n) is 16.5. The largest absolute Gasteiger partial charge is 0.438 e. The summed E-state index contributed by atoms with van der Waals surface area (Å²) < 4.78 is 21.5. The Morgan fingerprint density at radius 1 is 1.17 bits per heavy atom. The number of allylic oxidation sites excluding steroid dienone is 2. The van der Waals surface area contributed by atoms with Crippen molar-refractivity contribution in [3.63, 3.8) is 0 Å². The van der Waals surface area contributed by atoms with Gasteiger partial charge < -0.3 is 9.47 Å². The lowest BCUT2D eigenvalue weighted by atomic mass is 9.99. The number of carbonyl (C=O) groups is 1. The molecule has 29 heavy (non-hydrogen) atoms. The third-order valence-corrected chi connectivity index (χ3v) is 5.74. The predicted octanol–water partition coefficient (Wildman–Crippen LogP) is 4.16. The Bertz CT molecular complexity index is 1080. The van der Waals surface area contributed by atoms with E-state index in [2.05, 4.69) is 6.07 Å². The average Bonchev–Trinajstić information content (AvgIpc) is 2.97. The van der Waals surface area contributed by atoms with Crippen molar-refractivity contribution in [2.45, 2.75) is 18.2 Å². The van der Waals surface area contributed by atoms with Crippen LogP contribution in [0.1, 0.15) is 35.6 Å². The van der Waals surface area contributed by atoms with E-state index in [-0.39, 0.29) is 19.2 Å². The molecule has 3 rings (SSSR count). The molecule has 1 aliphatic carbocycles. The van der Waals surface area contributed by atoms with Crippen LogP contribution >= 0.6 is 0 Å². The summed E-state index contributed by atoms with van der Waals surface area (Å²) >= 11 is 0. The van der Waals surface area contributed by atoms with Crippen LogP contribution in [-0.2, 0) is 25.1 Å². The van der Waals surface area contributed by atoms with Crippen LogP contribution in [0.25, 0.3) is 17.2 Å². The monoisotopic (exact) mass is 407 g/mol. The van der Waals surface area contributed by atoms with Gasteiger partial charge in [-0.15, -0.1) is 0 Å². The smallest absolute Gasteiger partial charge is 0.312 e. The van der Waals surface area contributed by atoms with E-state index in [1.54, 1.807) is 12.3 Å². The van der Waals surface area contributed by atoms with E-state index in [0.29, 0.717) is 5.56 Å². The second kappa shape index (κ2) is 8.99. The molecule has 1 atom stereocenters. The number of rotatable bonds is 6. The summed E-state index contributed by atoms with van der Waals surface area (Å²) in [6.07, 6.45) is 3.79. The van der Waals surface area contributed by atoms with Gasteiger partial charge in [-0.3, -0.25) is 9.00 Å². The molecule has 0 amide bonds. The van der Waals surface area contributed by atoms with Crippen molar-refractivity contribution in [1.82, 2.24) is 0 Å². The highest BCUT2D eigenvalue weighted by atomic mass is 32.2. The Morgan fingerprint density at radius 2 is 1.90 bits per heavy atom. The van der Waals surface area contributed by atoms with E-state index in [4.69, 9.17) is 9.47 Å². The number of benzene rings is 2. The van der Waals surface area contributed by atoms with Crippen molar-refractivity contribution < 1.29 is 18.5 Å². The van der Waals surface area contributed by atoms with Gasteiger partial charge in [0.2, 0.25) is 0 Å². The predicted molar refractivity (Wildman–Crippen MR) is 113 cm³/mol. The molecule has 148 valence electrons. The number of nitrogens with zero attached hydrogens (tertiary/aromatic N) is 1. The van der Waals surface area contributed by atoms with E-state index in [1.807, 2.05) is 49.4 Å². The fourth-order valence-corrected chi connectivity index (χ4v) is 3.84. The fraction of sp³-hybridized carbons (Fsp3) is 0.217. The van der Waals surface area contributed by atoms with Crippen molar-refractivity contribution in [3.8, 4) is 6.07 Å². The molecule has 0 radical (unpaired) electrons. The van der Waals surface area contributed by atoms with Gasteiger partial charge in [-0.1, -0.05) is 18.2 Å². The zero-order valence-corrected chi connectivity index (χ0v) is 17.3.